The fraction of sp³-hybridized carbons (Fsp3) is 0.645. The van der Waals surface area contributed by atoms with Crippen molar-refractivity contribution in [2.45, 2.75) is 77.7 Å². The van der Waals surface area contributed by atoms with Crippen LogP contribution in [-0.2, 0) is 17.6 Å². The molecule has 1 saturated carbocycles. The van der Waals surface area contributed by atoms with Crippen LogP contribution in [0.15, 0.2) is 30.5 Å². The Morgan fingerprint density at radius 3 is 2.43 bits per heavy atom. The first-order valence-corrected chi connectivity index (χ1v) is 15.3. The summed E-state index contributed by atoms with van der Waals surface area (Å²) in [6.07, 6.45) is 8.23. The average Bonchev–Trinajstić information content (AvgIpc) is 2.97. The molecule has 0 bridgehead atoms. The maximum absolute atomic E-state index is 12.0. The van der Waals surface area contributed by atoms with Gasteiger partial charge in [-0.1, -0.05) is 12.1 Å². The minimum atomic E-state index is -0.497. The molecule has 1 aromatic heterocycles. The van der Waals surface area contributed by atoms with Gasteiger partial charge >= 0.3 is 11.8 Å². The number of nitro groups is 1. The highest BCUT2D eigenvalue weighted by Gasteiger charge is 2.24. The molecular formula is C31H46N6O5. The van der Waals surface area contributed by atoms with Gasteiger partial charge in [-0.15, -0.1) is 0 Å². The van der Waals surface area contributed by atoms with Crippen LogP contribution in [0.5, 0.6) is 0 Å². The number of carbonyl (C=O) groups excluding carboxylic acids is 1. The van der Waals surface area contributed by atoms with E-state index in [9.17, 15) is 20.0 Å². The zero-order valence-electron chi connectivity index (χ0n) is 25.2. The van der Waals surface area contributed by atoms with Crippen LogP contribution in [0.2, 0.25) is 0 Å². The van der Waals surface area contributed by atoms with E-state index in [1.807, 2.05) is 20.8 Å². The molecule has 0 radical (unpaired) electrons. The predicted octanol–water partition coefficient (Wildman–Crippen LogP) is 5.12. The Hall–Kier alpha value is -3.47. The van der Waals surface area contributed by atoms with Crippen molar-refractivity contribution in [3.8, 4) is 0 Å². The third-order valence-electron chi connectivity index (χ3n) is 8.26. The predicted molar refractivity (Wildman–Crippen MR) is 163 cm³/mol. The Kier molecular flexibility index (Phi) is 11.0. The summed E-state index contributed by atoms with van der Waals surface area (Å²) in [5.74, 6) is 2.08. The maximum Gasteiger partial charge on any atom is 0.407 e. The summed E-state index contributed by atoms with van der Waals surface area (Å²) in [6.45, 7) is 8.92. The van der Waals surface area contributed by atoms with Gasteiger partial charge < -0.3 is 25.4 Å². The summed E-state index contributed by atoms with van der Waals surface area (Å²) in [5, 5.41) is 27.1. The van der Waals surface area contributed by atoms with Crippen molar-refractivity contribution < 1.29 is 19.6 Å². The summed E-state index contributed by atoms with van der Waals surface area (Å²) in [5.41, 5.74) is 1.74. The van der Waals surface area contributed by atoms with Crippen molar-refractivity contribution in [3.63, 3.8) is 0 Å². The number of rotatable bonds is 11. The topological polar surface area (TPSA) is 143 Å². The molecule has 2 aliphatic rings. The minimum absolute atomic E-state index is 0.102. The van der Waals surface area contributed by atoms with Gasteiger partial charge in [-0.25, -0.2) is 14.8 Å². The normalized spacial score (nSPS) is 19.8. The number of alkyl carbamates (subject to hydrolysis) is 1. The summed E-state index contributed by atoms with van der Waals surface area (Å²) in [4.78, 5) is 34.4. The number of benzene rings is 1. The molecule has 42 heavy (non-hydrogen) atoms. The van der Waals surface area contributed by atoms with E-state index in [0.29, 0.717) is 43.1 Å². The van der Waals surface area contributed by atoms with Gasteiger partial charge in [0.2, 0.25) is 5.82 Å². The fourth-order valence-electron chi connectivity index (χ4n) is 5.76. The van der Waals surface area contributed by atoms with Gasteiger partial charge in [0.25, 0.3) is 0 Å². The van der Waals surface area contributed by atoms with E-state index in [4.69, 9.17) is 4.74 Å². The fourth-order valence-corrected chi connectivity index (χ4v) is 5.76. The molecule has 3 N–H and O–H groups in total. The van der Waals surface area contributed by atoms with E-state index in [1.54, 1.807) is 0 Å². The van der Waals surface area contributed by atoms with E-state index in [2.05, 4.69) is 49.8 Å². The van der Waals surface area contributed by atoms with Crippen LogP contribution in [0.3, 0.4) is 0 Å². The molecule has 11 heteroatoms. The number of aliphatic hydroxyl groups is 1. The van der Waals surface area contributed by atoms with E-state index in [0.717, 1.165) is 58.0 Å². The minimum Gasteiger partial charge on any atom is -0.444 e. The summed E-state index contributed by atoms with van der Waals surface area (Å²) in [6, 6.07) is 8.48. The Labute approximate surface area is 248 Å². The first kappa shape index (κ1) is 31.5. The lowest BCUT2D eigenvalue weighted by atomic mass is 9.82. The maximum atomic E-state index is 12.0. The van der Waals surface area contributed by atoms with E-state index < -0.39 is 10.5 Å². The van der Waals surface area contributed by atoms with Gasteiger partial charge in [0.05, 0.1) is 4.92 Å². The molecule has 1 amide bonds. The summed E-state index contributed by atoms with van der Waals surface area (Å²) < 4.78 is 5.34. The molecular weight excluding hydrogens is 536 g/mol. The van der Waals surface area contributed by atoms with Crippen molar-refractivity contribution in [1.29, 1.82) is 0 Å². The monoisotopic (exact) mass is 582 g/mol. The molecule has 11 nitrogen and oxygen atoms in total. The van der Waals surface area contributed by atoms with Gasteiger partial charge in [0, 0.05) is 44.9 Å². The summed E-state index contributed by atoms with van der Waals surface area (Å²) >= 11 is 0. The van der Waals surface area contributed by atoms with Crippen molar-refractivity contribution in [1.82, 2.24) is 15.3 Å². The number of nitrogens with zero attached hydrogens (tertiary/aromatic N) is 4. The third-order valence-corrected chi connectivity index (χ3v) is 8.26. The van der Waals surface area contributed by atoms with Gasteiger partial charge in [-0.05, 0) is 101 Å². The van der Waals surface area contributed by atoms with Gasteiger partial charge in [-0.2, -0.15) is 0 Å². The number of hydrogen-bond donors (Lipinski definition) is 3. The Bertz CT molecular complexity index is 1190. The highest BCUT2D eigenvalue weighted by molar-refractivity contribution is 5.67. The number of nitrogens with one attached hydrogen (secondary N) is 2. The number of ether oxygens (including phenoxy) is 1. The van der Waals surface area contributed by atoms with E-state index in [1.165, 1.54) is 17.4 Å². The smallest absolute Gasteiger partial charge is 0.407 e. The van der Waals surface area contributed by atoms with Crippen LogP contribution in [-0.4, -0.2) is 64.5 Å². The van der Waals surface area contributed by atoms with Gasteiger partial charge in [0.15, 0.2) is 0 Å². The number of aromatic nitrogens is 2. The van der Waals surface area contributed by atoms with Crippen molar-refractivity contribution in [2.24, 2.45) is 17.8 Å². The molecule has 0 unspecified atom stereocenters. The highest BCUT2D eigenvalue weighted by Crippen LogP contribution is 2.30. The second-order valence-electron chi connectivity index (χ2n) is 12.7. The van der Waals surface area contributed by atoms with Crippen LogP contribution in [0, 0.1) is 27.9 Å². The first-order valence-electron chi connectivity index (χ1n) is 15.3. The van der Waals surface area contributed by atoms with E-state index in [-0.39, 0.29) is 24.2 Å². The van der Waals surface area contributed by atoms with Crippen molar-refractivity contribution in [2.75, 3.05) is 43.0 Å². The lowest BCUT2D eigenvalue weighted by molar-refractivity contribution is -0.384. The molecule has 1 aliphatic carbocycles. The molecule has 1 aliphatic heterocycles. The molecule has 1 aromatic carbocycles. The first-order chi connectivity index (χ1) is 20.1. The van der Waals surface area contributed by atoms with Gasteiger partial charge in [0.1, 0.15) is 17.6 Å². The number of anilines is 2. The molecule has 1 saturated heterocycles. The van der Waals surface area contributed by atoms with Crippen LogP contribution < -0.4 is 15.5 Å². The number of hydrogen-bond acceptors (Lipinski definition) is 9. The number of piperidine rings is 1. The second-order valence-corrected chi connectivity index (χ2v) is 12.7. The quantitative estimate of drug-likeness (QED) is 0.243. The van der Waals surface area contributed by atoms with Crippen LogP contribution >= 0.6 is 0 Å². The molecule has 2 fully saturated rings. The summed E-state index contributed by atoms with van der Waals surface area (Å²) in [7, 11) is 0. The molecule has 0 atom stereocenters. The van der Waals surface area contributed by atoms with Crippen molar-refractivity contribution >= 4 is 23.3 Å². The molecule has 2 aromatic rings. The zero-order chi connectivity index (χ0) is 30.1. The standard InChI is InChI=1S/C31H46N6O5/c1-31(2,3)42-30(39)34-19-24-13-15-36(16-14-24)26-6-4-5-22(17-26)11-12-28-32-20-27(37(40)41)29(35-28)33-18-23-7-9-25(21-38)10-8-23/h4-6,17,20,23-25,38H,7-16,18-19,21H2,1-3H3,(H,34,39)(H,32,33,35). The van der Waals surface area contributed by atoms with E-state index >= 15 is 0 Å². The second kappa shape index (κ2) is 14.6. The molecule has 230 valence electrons. The lowest BCUT2D eigenvalue weighted by Crippen LogP contribution is -2.40. The van der Waals surface area contributed by atoms with Crippen LogP contribution in [0.25, 0.3) is 0 Å². The van der Waals surface area contributed by atoms with Crippen LogP contribution in [0.1, 0.15) is 70.7 Å². The number of carbonyl (C=O) groups is 1. The average molecular weight is 583 g/mol. The number of amides is 1. The zero-order valence-corrected chi connectivity index (χ0v) is 25.2. The van der Waals surface area contributed by atoms with Crippen LogP contribution in [0.4, 0.5) is 22.0 Å². The van der Waals surface area contributed by atoms with Crippen molar-refractivity contribution in [3.05, 3.63) is 52.0 Å². The Morgan fingerprint density at radius 1 is 1.07 bits per heavy atom. The SMILES string of the molecule is CC(C)(C)OC(=O)NCC1CCN(c2cccc(CCc3ncc([N+](=O)[O-])c(NCC4CCC(CO)CC4)n3)c2)CC1. The van der Waals surface area contributed by atoms with Gasteiger partial charge in [-0.3, -0.25) is 10.1 Å². The third kappa shape index (κ3) is 9.54. The lowest BCUT2D eigenvalue weighted by Gasteiger charge is -2.34. The molecule has 2 heterocycles. The Balaban J connectivity index is 1.28. The number of aliphatic hydroxyl groups excluding tert-OH is 1. The largest absolute Gasteiger partial charge is 0.444 e. The molecule has 4 rings (SSSR count). The number of aryl methyl sites for hydroxylation is 2. The molecule has 0 spiro atoms. The highest BCUT2D eigenvalue weighted by atomic mass is 16.6. The Morgan fingerprint density at radius 2 is 1.76 bits per heavy atom.